The highest BCUT2D eigenvalue weighted by Crippen LogP contribution is 2.33. The summed E-state index contributed by atoms with van der Waals surface area (Å²) in [5.41, 5.74) is 0. The van der Waals surface area contributed by atoms with Crippen molar-refractivity contribution in [2.45, 2.75) is 44.0 Å². The summed E-state index contributed by atoms with van der Waals surface area (Å²) in [6.45, 7) is 4.02. The quantitative estimate of drug-likeness (QED) is 0.688. The van der Waals surface area contributed by atoms with Crippen LogP contribution in [-0.2, 0) is 16.6 Å². The maximum absolute atomic E-state index is 12.2. The predicted octanol–water partition coefficient (Wildman–Crippen LogP) is 2.33. The van der Waals surface area contributed by atoms with Gasteiger partial charge < -0.3 is 5.32 Å². The molecule has 19 heavy (non-hydrogen) atoms. The molecule has 0 saturated heterocycles. The minimum Gasteiger partial charge on any atom is -0.312 e. The van der Waals surface area contributed by atoms with Gasteiger partial charge >= 0.3 is 0 Å². The van der Waals surface area contributed by atoms with Crippen LogP contribution in [0.15, 0.2) is 16.3 Å². The second-order valence-electron chi connectivity index (χ2n) is 4.97. The molecule has 0 unspecified atom stereocenters. The lowest BCUT2D eigenvalue weighted by molar-refractivity contribution is 0.571. The Hall–Kier alpha value is -0.430. The fourth-order valence-corrected chi connectivity index (χ4v) is 4.50. The van der Waals surface area contributed by atoms with Gasteiger partial charge in [-0.3, -0.25) is 0 Å². The van der Waals surface area contributed by atoms with Crippen molar-refractivity contribution in [1.29, 1.82) is 0 Å². The summed E-state index contributed by atoms with van der Waals surface area (Å²) in [6, 6.07) is 1.70. The smallest absolute Gasteiger partial charge is 0.241 e. The molecule has 1 aromatic rings. The van der Waals surface area contributed by atoms with Gasteiger partial charge in [0.15, 0.2) is 0 Å². The first-order chi connectivity index (χ1) is 9.13. The lowest BCUT2D eigenvalue weighted by Gasteiger charge is -2.08. The maximum atomic E-state index is 12.2. The van der Waals surface area contributed by atoms with Crippen molar-refractivity contribution < 1.29 is 8.42 Å². The number of hydrogen-bond donors (Lipinski definition) is 2. The summed E-state index contributed by atoms with van der Waals surface area (Å²) in [4.78, 5) is 1.32. The summed E-state index contributed by atoms with van der Waals surface area (Å²) in [7, 11) is -3.34. The molecule has 0 aliphatic heterocycles. The van der Waals surface area contributed by atoms with Crippen molar-refractivity contribution >= 4 is 21.4 Å². The van der Waals surface area contributed by atoms with Crippen LogP contribution in [0.1, 0.15) is 37.5 Å². The van der Waals surface area contributed by atoms with Crippen LogP contribution < -0.4 is 10.0 Å². The zero-order chi connectivity index (χ0) is 13.7. The van der Waals surface area contributed by atoms with E-state index >= 15 is 0 Å². The number of sulfonamides is 1. The Bertz CT molecular complexity index is 492. The van der Waals surface area contributed by atoms with Gasteiger partial charge in [0.05, 0.1) is 4.90 Å². The first-order valence-electron chi connectivity index (χ1n) is 6.90. The van der Waals surface area contributed by atoms with Crippen LogP contribution in [0, 0.1) is 5.92 Å². The van der Waals surface area contributed by atoms with E-state index in [9.17, 15) is 8.42 Å². The zero-order valence-corrected chi connectivity index (χ0v) is 12.9. The Morgan fingerprint density at radius 1 is 1.42 bits per heavy atom. The first kappa shape index (κ1) is 15.0. The number of hydrogen-bond acceptors (Lipinski definition) is 4. The topological polar surface area (TPSA) is 58.2 Å². The van der Waals surface area contributed by atoms with Gasteiger partial charge in [0.1, 0.15) is 0 Å². The fourth-order valence-electron chi connectivity index (χ4n) is 2.02. The van der Waals surface area contributed by atoms with Crippen LogP contribution >= 0.6 is 11.3 Å². The van der Waals surface area contributed by atoms with Crippen LogP contribution in [0.2, 0.25) is 0 Å². The minimum absolute atomic E-state index is 0.435. The summed E-state index contributed by atoms with van der Waals surface area (Å²) in [6.07, 6.45) is 4.74. The van der Waals surface area contributed by atoms with Gasteiger partial charge in [-0.05, 0) is 36.8 Å². The predicted molar refractivity (Wildman–Crippen MR) is 78.8 cm³/mol. The Morgan fingerprint density at radius 3 is 2.89 bits per heavy atom. The Kier molecular flexibility index (Phi) is 5.38. The summed E-state index contributed by atoms with van der Waals surface area (Å²) in [5, 5.41) is 5.01. The summed E-state index contributed by atoms with van der Waals surface area (Å²) >= 11 is 1.49. The molecule has 4 nitrogen and oxygen atoms in total. The molecule has 108 valence electrons. The molecule has 6 heteroatoms. The van der Waals surface area contributed by atoms with Gasteiger partial charge in [-0.25, -0.2) is 13.1 Å². The third kappa shape index (κ3) is 4.56. The van der Waals surface area contributed by atoms with Crippen LogP contribution in [-0.4, -0.2) is 21.5 Å². The van der Waals surface area contributed by atoms with Crippen molar-refractivity contribution in [3.63, 3.8) is 0 Å². The third-order valence-electron chi connectivity index (χ3n) is 3.31. The van der Waals surface area contributed by atoms with Gasteiger partial charge in [0, 0.05) is 18.0 Å². The monoisotopic (exact) mass is 302 g/mol. The molecule has 0 aromatic carbocycles. The largest absolute Gasteiger partial charge is 0.312 e. The summed E-state index contributed by atoms with van der Waals surface area (Å²) in [5.74, 6) is 0.856. The Morgan fingerprint density at radius 2 is 2.21 bits per heavy atom. The number of nitrogens with one attached hydrogen (secondary N) is 2. The van der Waals surface area contributed by atoms with Crippen LogP contribution in [0.3, 0.4) is 0 Å². The highest BCUT2D eigenvalue weighted by Gasteiger charge is 2.22. The molecule has 0 radical (unpaired) electrons. The number of thiophene rings is 1. The molecule has 1 fully saturated rings. The molecule has 1 aliphatic rings. The summed E-state index contributed by atoms with van der Waals surface area (Å²) < 4.78 is 27.1. The Labute approximate surface area is 119 Å². The first-order valence-corrected chi connectivity index (χ1v) is 9.26. The molecule has 0 bridgehead atoms. The van der Waals surface area contributed by atoms with Crippen LogP contribution in [0.25, 0.3) is 0 Å². The van der Waals surface area contributed by atoms with E-state index in [0.29, 0.717) is 18.0 Å². The van der Waals surface area contributed by atoms with E-state index in [-0.39, 0.29) is 0 Å². The fraction of sp³-hybridized carbons (Fsp3) is 0.692. The van der Waals surface area contributed by atoms with E-state index in [1.165, 1.54) is 24.2 Å². The van der Waals surface area contributed by atoms with Gasteiger partial charge in [-0.15, -0.1) is 11.3 Å². The lowest BCUT2D eigenvalue weighted by atomic mass is 10.2. The van der Waals surface area contributed by atoms with Crippen molar-refractivity contribution in [2.24, 2.45) is 5.92 Å². The average molecular weight is 302 g/mol. The van der Waals surface area contributed by atoms with E-state index < -0.39 is 10.0 Å². The molecule has 2 rings (SSSR count). The highest BCUT2D eigenvalue weighted by molar-refractivity contribution is 7.89. The molecule has 1 aromatic heterocycles. The van der Waals surface area contributed by atoms with E-state index in [1.54, 1.807) is 6.07 Å². The second kappa shape index (κ2) is 6.83. The van der Waals surface area contributed by atoms with Crippen LogP contribution in [0.4, 0.5) is 0 Å². The maximum Gasteiger partial charge on any atom is 0.241 e. The van der Waals surface area contributed by atoms with Crippen molar-refractivity contribution in [2.75, 3.05) is 13.1 Å². The molecule has 1 saturated carbocycles. The molecule has 0 spiro atoms. The van der Waals surface area contributed by atoms with Gasteiger partial charge in [-0.1, -0.05) is 19.8 Å². The molecule has 0 amide bonds. The zero-order valence-electron chi connectivity index (χ0n) is 11.3. The minimum atomic E-state index is -3.34. The van der Waals surface area contributed by atoms with Crippen molar-refractivity contribution in [3.8, 4) is 0 Å². The normalized spacial score (nSPS) is 15.8. The van der Waals surface area contributed by atoms with E-state index in [1.807, 2.05) is 12.3 Å². The second-order valence-corrected chi connectivity index (χ2v) is 7.71. The molecule has 2 N–H and O–H groups in total. The SMILES string of the molecule is CCNCc1sccc1S(=O)(=O)NCCCC1CC1. The highest BCUT2D eigenvalue weighted by atomic mass is 32.2. The van der Waals surface area contributed by atoms with Crippen LogP contribution in [0.5, 0.6) is 0 Å². The van der Waals surface area contributed by atoms with Crippen molar-refractivity contribution in [3.05, 3.63) is 16.3 Å². The molecular weight excluding hydrogens is 280 g/mol. The molecular formula is C13H22N2O2S2. The average Bonchev–Trinajstić information content (AvgIpc) is 3.07. The van der Waals surface area contributed by atoms with E-state index in [4.69, 9.17) is 0 Å². The molecule has 0 atom stereocenters. The van der Waals surface area contributed by atoms with Gasteiger partial charge in [-0.2, -0.15) is 0 Å². The van der Waals surface area contributed by atoms with E-state index in [2.05, 4.69) is 10.0 Å². The number of rotatable bonds is 9. The third-order valence-corrected chi connectivity index (χ3v) is 5.90. The van der Waals surface area contributed by atoms with Gasteiger partial charge in [0.25, 0.3) is 0 Å². The van der Waals surface area contributed by atoms with Gasteiger partial charge in [0.2, 0.25) is 10.0 Å². The molecule has 1 aliphatic carbocycles. The standard InChI is InChI=1S/C13H22N2O2S2/c1-2-14-10-12-13(7-9-18-12)19(16,17)15-8-3-4-11-5-6-11/h7,9,11,14-15H,2-6,8,10H2,1H3. The Balaban J connectivity index is 1.88. The van der Waals surface area contributed by atoms with E-state index in [0.717, 1.165) is 30.2 Å². The lowest BCUT2D eigenvalue weighted by Crippen LogP contribution is -2.26. The molecule has 1 heterocycles. The van der Waals surface area contributed by atoms with Crippen molar-refractivity contribution in [1.82, 2.24) is 10.0 Å².